The molecule has 3 unspecified atom stereocenters. The molecule has 0 aromatic carbocycles. The molecule has 0 saturated carbocycles. The molecule has 0 radical (unpaired) electrons. The Kier molecular flexibility index (Phi) is 8.76. The third-order valence-electron chi connectivity index (χ3n) is 5.10. The normalized spacial score (nSPS) is 28.6. The minimum Gasteiger partial charge on any atom is -0.373 e. The van der Waals surface area contributed by atoms with Gasteiger partial charge in [-0.05, 0) is 44.6 Å². The zero-order chi connectivity index (χ0) is 19.9. The number of rotatable bonds is 7. The Morgan fingerprint density at radius 2 is 2.19 bits per heavy atom. The molecule has 0 spiro atoms. The molecule has 1 saturated heterocycles. The van der Waals surface area contributed by atoms with E-state index in [4.69, 9.17) is 8.92 Å². The van der Waals surface area contributed by atoms with E-state index < -0.39 is 11.8 Å². The summed E-state index contributed by atoms with van der Waals surface area (Å²) in [6, 6.07) is 0. The van der Waals surface area contributed by atoms with Crippen molar-refractivity contribution in [3.05, 3.63) is 23.3 Å². The van der Waals surface area contributed by atoms with Crippen LogP contribution in [0.4, 0.5) is 8.78 Å². The zero-order valence-electron chi connectivity index (χ0n) is 16.4. The predicted molar refractivity (Wildman–Crippen MR) is 104 cm³/mol. The lowest BCUT2D eigenvalue weighted by atomic mass is 9.90. The molecule has 3 atom stereocenters. The van der Waals surface area contributed by atoms with Gasteiger partial charge in [0.05, 0.1) is 18.8 Å². The monoisotopic (exact) mass is 403 g/mol. The summed E-state index contributed by atoms with van der Waals surface area (Å²) in [4.78, 5) is 11.9. The van der Waals surface area contributed by atoms with E-state index >= 15 is 0 Å². The fraction of sp³-hybridized carbons (Fsp3) is 0.750. The van der Waals surface area contributed by atoms with Crippen molar-refractivity contribution >= 4 is 18.1 Å². The van der Waals surface area contributed by atoms with Gasteiger partial charge in [-0.15, -0.1) is 0 Å². The molecular weight excluding hydrogens is 372 g/mol. The van der Waals surface area contributed by atoms with Crippen LogP contribution in [-0.2, 0) is 13.7 Å². The van der Waals surface area contributed by atoms with Gasteiger partial charge in [-0.25, -0.2) is 8.78 Å². The highest BCUT2D eigenvalue weighted by molar-refractivity contribution is 7.93. The molecular formula is C20H31F2NO3S. The van der Waals surface area contributed by atoms with Crippen molar-refractivity contribution < 1.29 is 22.5 Å². The average Bonchev–Trinajstić information content (AvgIpc) is 3.17. The Morgan fingerprint density at radius 1 is 1.41 bits per heavy atom. The van der Waals surface area contributed by atoms with E-state index in [2.05, 4.69) is 4.72 Å². The van der Waals surface area contributed by atoms with E-state index in [0.717, 1.165) is 49.1 Å². The lowest BCUT2D eigenvalue weighted by Gasteiger charge is -2.21. The van der Waals surface area contributed by atoms with Gasteiger partial charge in [0, 0.05) is 18.8 Å². The van der Waals surface area contributed by atoms with Crippen LogP contribution < -0.4 is 4.72 Å². The number of hydrogen-bond acceptors (Lipinski definition) is 4. The molecule has 2 aliphatic carbocycles. The lowest BCUT2D eigenvalue weighted by molar-refractivity contribution is -0.120. The largest absolute Gasteiger partial charge is 0.373 e. The molecule has 7 heteroatoms. The maximum atomic E-state index is 14.2. The van der Waals surface area contributed by atoms with Gasteiger partial charge < -0.3 is 4.74 Å². The standard InChI is InChI=1S/C18H25F2NO3S.C2H6/c1-12-6-7-14(24-12)11-23-25-21-17(22)9-8-16-15-5-3-2-4-13(15)10-18(16,19)20;1-2/h3,5,12,14,16H,2,4,6-11H2,1H3,(H,21,22);1-2H3. The number of carbonyl (C=O) groups excluding carboxylic acids is 1. The minimum absolute atomic E-state index is 0.0677. The summed E-state index contributed by atoms with van der Waals surface area (Å²) in [5.74, 6) is -3.86. The molecule has 1 aliphatic heterocycles. The average molecular weight is 404 g/mol. The van der Waals surface area contributed by atoms with Crippen molar-refractivity contribution in [1.29, 1.82) is 0 Å². The number of ether oxygens (including phenoxy) is 1. The molecule has 1 fully saturated rings. The first kappa shape index (κ1) is 22.4. The minimum atomic E-state index is -2.74. The third kappa shape index (κ3) is 6.29. The first-order chi connectivity index (χ1) is 13.0. The van der Waals surface area contributed by atoms with Gasteiger partial charge in [-0.3, -0.25) is 13.7 Å². The highest BCUT2D eigenvalue weighted by atomic mass is 32.2. The fourth-order valence-corrected chi connectivity index (χ4v) is 4.28. The number of allylic oxidation sites excluding steroid dienone is 4. The first-order valence-corrected chi connectivity index (χ1v) is 10.7. The smallest absolute Gasteiger partial charge is 0.258 e. The van der Waals surface area contributed by atoms with Crippen LogP contribution in [0.25, 0.3) is 0 Å². The van der Waals surface area contributed by atoms with Crippen LogP contribution in [0.3, 0.4) is 0 Å². The second-order valence-corrected chi connectivity index (χ2v) is 7.67. The first-order valence-electron chi connectivity index (χ1n) is 9.95. The van der Waals surface area contributed by atoms with Crippen LogP contribution in [0.15, 0.2) is 23.3 Å². The topological polar surface area (TPSA) is 47.6 Å². The van der Waals surface area contributed by atoms with E-state index in [9.17, 15) is 13.6 Å². The Bertz CT molecular complexity index is 565. The molecule has 154 valence electrons. The van der Waals surface area contributed by atoms with Crippen molar-refractivity contribution in [3.63, 3.8) is 0 Å². The highest BCUT2D eigenvalue weighted by Crippen LogP contribution is 2.49. The van der Waals surface area contributed by atoms with Crippen molar-refractivity contribution in [1.82, 2.24) is 4.72 Å². The van der Waals surface area contributed by atoms with Gasteiger partial charge in [-0.1, -0.05) is 31.6 Å². The number of alkyl halides is 2. The van der Waals surface area contributed by atoms with Gasteiger partial charge >= 0.3 is 0 Å². The Hall–Kier alpha value is -0.920. The van der Waals surface area contributed by atoms with Crippen LogP contribution in [0, 0.1) is 5.92 Å². The van der Waals surface area contributed by atoms with E-state index in [-0.39, 0.29) is 37.4 Å². The Balaban J connectivity index is 0.00000126. The summed E-state index contributed by atoms with van der Waals surface area (Å²) in [5.41, 5.74) is 1.61. The number of carbonyl (C=O) groups is 1. The molecule has 3 aliphatic rings. The van der Waals surface area contributed by atoms with E-state index in [1.165, 1.54) is 0 Å². The molecule has 0 bridgehead atoms. The maximum absolute atomic E-state index is 14.2. The Morgan fingerprint density at radius 3 is 2.89 bits per heavy atom. The second-order valence-electron chi connectivity index (χ2n) is 7.07. The molecule has 4 nitrogen and oxygen atoms in total. The van der Waals surface area contributed by atoms with E-state index in [0.29, 0.717) is 6.61 Å². The lowest BCUT2D eigenvalue weighted by Crippen LogP contribution is -2.26. The SMILES string of the molecule is CC.CC1CCC(COSNC(=O)CCC2C3=C(CCC=C3)CC2(F)F)O1. The van der Waals surface area contributed by atoms with E-state index in [1.807, 2.05) is 32.9 Å². The molecule has 0 aromatic rings. The van der Waals surface area contributed by atoms with Gasteiger partial charge in [-0.2, -0.15) is 0 Å². The summed E-state index contributed by atoms with van der Waals surface area (Å²) >= 11 is 0.862. The highest BCUT2D eigenvalue weighted by Gasteiger charge is 2.47. The van der Waals surface area contributed by atoms with Crippen LogP contribution in [-0.4, -0.2) is 30.6 Å². The number of nitrogens with one attached hydrogen (secondary N) is 1. The third-order valence-corrected chi connectivity index (χ3v) is 5.67. The predicted octanol–water partition coefficient (Wildman–Crippen LogP) is 5.36. The van der Waals surface area contributed by atoms with Crippen molar-refractivity contribution in [2.75, 3.05) is 6.61 Å². The van der Waals surface area contributed by atoms with Gasteiger partial charge in [0.2, 0.25) is 5.91 Å². The van der Waals surface area contributed by atoms with Gasteiger partial charge in [0.15, 0.2) is 0 Å². The molecule has 1 N–H and O–H groups in total. The number of hydrogen-bond donors (Lipinski definition) is 1. The summed E-state index contributed by atoms with van der Waals surface area (Å²) < 4.78 is 41.9. The van der Waals surface area contributed by atoms with Gasteiger partial charge in [0.25, 0.3) is 5.92 Å². The quantitative estimate of drug-likeness (QED) is 0.353. The zero-order valence-corrected chi connectivity index (χ0v) is 17.2. The van der Waals surface area contributed by atoms with Crippen LogP contribution >= 0.6 is 12.2 Å². The summed E-state index contributed by atoms with van der Waals surface area (Å²) in [7, 11) is 0. The van der Waals surface area contributed by atoms with E-state index in [1.54, 1.807) is 0 Å². The molecule has 27 heavy (non-hydrogen) atoms. The Labute approximate surface area is 165 Å². The summed E-state index contributed by atoms with van der Waals surface area (Å²) in [6.45, 7) is 6.44. The van der Waals surface area contributed by atoms with Crippen molar-refractivity contribution in [2.45, 2.75) is 83.8 Å². The van der Waals surface area contributed by atoms with Crippen LogP contribution in [0.2, 0.25) is 0 Å². The van der Waals surface area contributed by atoms with Gasteiger partial charge in [0.1, 0.15) is 12.2 Å². The van der Waals surface area contributed by atoms with Crippen molar-refractivity contribution in [2.24, 2.45) is 5.92 Å². The number of amides is 1. The maximum Gasteiger partial charge on any atom is 0.258 e. The summed E-state index contributed by atoms with van der Waals surface area (Å²) in [6.07, 6.45) is 7.70. The van der Waals surface area contributed by atoms with Crippen molar-refractivity contribution in [3.8, 4) is 0 Å². The fourth-order valence-electron chi connectivity index (χ4n) is 3.81. The molecule has 0 aromatic heterocycles. The number of halogens is 2. The summed E-state index contributed by atoms with van der Waals surface area (Å²) in [5, 5.41) is 0. The second kappa shape index (κ2) is 10.6. The molecule has 3 rings (SSSR count). The van der Waals surface area contributed by atoms with Crippen LogP contribution in [0.5, 0.6) is 0 Å². The van der Waals surface area contributed by atoms with Crippen LogP contribution in [0.1, 0.15) is 65.7 Å². The molecule has 1 amide bonds. The molecule has 1 heterocycles.